The van der Waals surface area contributed by atoms with Crippen LogP contribution < -0.4 is 4.90 Å². The summed E-state index contributed by atoms with van der Waals surface area (Å²) >= 11 is 1.78. The molecule has 0 atom stereocenters. The number of hydrogen-bond donors (Lipinski definition) is 0. The van der Waals surface area contributed by atoms with E-state index in [-0.39, 0.29) is 0 Å². The Bertz CT molecular complexity index is 880. The van der Waals surface area contributed by atoms with Crippen molar-refractivity contribution in [1.29, 1.82) is 0 Å². The average Bonchev–Trinajstić information content (AvgIpc) is 3.16. The van der Waals surface area contributed by atoms with Gasteiger partial charge in [0.15, 0.2) is 0 Å². The lowest BCUT2D eigenvalue weighted by Crippen LogP contribution is -2.47. The molecular formula is C21H31N3O2S2. The highest BCUT2D eigenvalue weighted by Crippen LogP contribution is 2.32. The van der Waals surface area contributed by atoms with Gasteiger partial charge in [0.2, 0.25) is 0 Å². The van der Waals surface area contributed by atoms with Crippen LogP contribution >= 0.6 is 11.3 Å². The third-order valence-electron chi connectivity index (χ3n) is 6.39. The fourth-order valence-corrected chi connectivity index (χ4v) is 6.76. The molecule has 7 heteroatoms. The maximum absolute atomic E-state index is 11.5. The summed E-state index contributed by atoms with van der Waals surface area (Å²) in [6.07, 6.45) is 9.12. The van der Waals surface area contributed by atoms with Crippen LogP contribution in [0.1, 0.15) is 32.1 Å². The van der Waals surface area contributed by atoms with Gasteiger partial charge in [-0.2, -0.15) is 0 Å². The molecule has 0 N–H and O–H groups in total. The molecule has 0 aromatic carbocycles. The van der Waals surface area contributed by atoms with Crippen LogP contribution in [0, 0.1) is 11.8 Å². The Morgan fingerprint density at radius 1 is 1.07 bits per heavy atom. The highest BCUT2D eigenvalue weighted by atomic mass is 32.2. The lowest BCUT2D eigenvalue weighted by atomic mass is 9.81. The van der Waals surface area contributed by atoms with Crippen LogP contribution in [0.5, 0.6) is 0 Å². The topological polar surface area (TPSA) is 53.5 Å². The van der Waals surface area contributed by atoms with E-state index in [2.05, 4.69) is 32.3 Å². The first-order chi connectivity index (χ1) is 13.5. The number of pyridine rings is 1. The van der Waals surface area contributed by atoms with Crippen LogP contribution in [-0.4, -0.2) is 63.0 Å². The van der Waals surface area contributed by atoms with Gasteiger partial charge >= 0.3 is 0 Å². The molecule has 2 aromatic rings. The summed E-state index contributed by atoms with van der Waals surface area (Å²) in [7, 11) is -2.83. The van der Waals surface area contributed by atoms with Crippen molar-refractivity contribution in [2.24, 2.45) is 11.8 Å². The summed E-state index contributed by atoms with van der Waals surface area (Å²) < 4.78 is 24.3. The lowest BCUT2D eigenvalue weighted by molar-refractivity contribution is 0.208. The van der Waals surface area contributed by atoms with E-state index in [4.69, 9.17) is 0 Å². The molecular weight excluding hydrogens is 390 g/mol. The number of fused-ring (bicyclic) bond motifs is 1. The quantitative estimate of drug-likeness (QED) is 0.712. The maximum Gasteiger partial charge on any atom is 0.147 e. The molecule has 2 fully saturated rings. The van der Waals surface area contributed by atoms with E-state index in [1.165, 1.54) is 42.1 Å². The van der Waals surface area contributed by atoms with E-state index in [1.807, 2.05) is 6.20 Å². The molecule has 0 spiro atoms. The van der Waals surface area contributed by atoms with Gasteiger partial charge in [-0.05, 0) is 55.2 Å². The van der Waals surface area contributed by atoms with Crippen molar-refractivity contribution >= 4 is 37.1 Å². The Morgan fingerprint density at radius 2 is 1.79 bits per heavy atom. The summed E-state index contributed by atoms with van der Waals surface area (Å²) in [6, 6.07) is 4.29. The summed E-state index contributed by atoms with van der Waals surface area (Å²) in [5.74, 6) is 2.69. The van der Waals surface area contributed by atoms with Gasteiger partial charge in [0.1, 0.15) is 15.7 Å². The van der Waals surface area contributed by atoms with Gasteiger partial charge < -0.3 is 4.90 Å². The fraction of sp³-hybridized carbons (Fsp3) is 0.667. The van der Waals surface area contributed by atoms with Crippen LogP contribution in [-0.2, 0) is 9.84 Å². The Balaban J connectivity index is 1.21. The van der Waals surface area contributed by atoms with Gasteiger partial charge in [0.05, 0.1) is 5.75 Å². The Morgan fingerprint density at radius 3 is 2.50 bits per heavy atom. The molecule has 2 aliphatic rings. The number of hydrogen-bond acceptors (Lipinski definition) is 6. The summed E-state index contributed by atoms with van der Waals surface area (Å²) in [6.45, 7) is 5.47. The van der Waals surface area contributed by atoms with Crippen LogP contribution in [0.4, 0.5) is 5.82 Å². The van der Waals surface area contributed by atoms with E-state index in [0.29, 0.717) is 11.7 Å². The van der Waals surface area contributed by atoms with Crippen LogP contribution in [0.15, 0.2) is 23.7 Å². The van der Waals surface area contributed by atoms with Crippen molar-refractivity contribution in [2.75, 3.05) is 49.6 Å². The molecule has 0 radical (unpaired) electrons. The SMILES string of the molecule is CS(=O)(=O)CC1CCC(CCN2CCN(c3nccc4sccc34)CC2)CC1. The molecule has 1 aliphatic heterocycles. The number of nitrogens with zero attached hydrogens (tertiary/aromatic N) is 3. The van der Waals surface area contributed by atoms with Crippen molar-refractivity contribution < 1.29 is 8.42 Å². The zero-order valence-electron chi connectivity index (χ0n) is 16.7. The van der Waals surface area contributed by atoms with E-state index in [1.54, 1.807) is 11.3 Å². The molecule has 1 aliphatic carbocycles. The predicted octanol–water partition coefficient (Wildman–Crippen LogP) is 3.66. The van der Waals surface area contributed by atoms with Gasteiger partial charge in [0, 0.05) is 48.7 Å². The smallest absolute Gasteiger partial charge is 0.147 e. The van der Waals surface area contributed by atoms with Crippen molar-refractivity contribution in [3.8, 4) is 0 Å². The number of sulfone groups is 1. The van der Waals surface area contributed by atoms with Crippen molar-refractivity contribution in [3.05, 3.63) is 23.7 Å². The first kappa shape index (κ1) is 20.1. The molecule has 0 unspecified atom stereocenters. The first-order valence-electron chi connectivity index (χ1n) is 10.5. The molecule has 28 heavy (non-hydrogen) atoms. The Hall–Kier alpha value is -1.18. The van der Waals surface area contributed by atoms with Gasteiger partial charge in [-0.25, -0.2) is 13.4 Å². The van der Waals surface area contributed by atoms with Crippen molar-refractivity contribution in [3.63, 3.8) is 0 Å². The van der Waals surface area contributed by atoms with E-state index < -0.39 is 9.84 Å². The monoisotopic (exact) mass is 421 g/mol. The van der Waals surface area contributed by atoms with Crippen molar-refractivity contribution in [2.45, 2.75) is 32.1 Å². The zero-order chi connectivity index (χ0) is 19.6. The third kappa shape index (κ3) is 5.05. The predicted molar refractivity (Wildman–Crippen MR) is 118 cm³/mol. The molecule has 4 rings (SSSR count). The second kappa shape index (κ2) is 8.67. The van der Waals surface area contributed by atoms with Gasteiger partial charge in [-0.15, -0.1) is 11.3 Å². The summed E-state index contributed by atoms with van der Waals surface area (Å²) in [5, 5.41) is 3.43. The molecule has 3 heterocycles. The van der Waals surface area contributed by atoms with E-state index in [0.717, 1.165) is 50.8 Å². The molecule has 0 bridgehead atoms. The molecule has 1 saturated heterocycles. The molecule has 154 valence electrons. The maximum atomic E-state index is 11.5. The van der Waals surface area contributed by atoms with Gasteiger partial charge in [-0.1, -0.05) is 12.8 Å². The second-order valence-corrected chi connectivity index (χ2v) is 11.7. The normalized spacial score (nSPS) is 24.7. The minimum absolute atomic E-state index is 0.382. The molecule has 5 nitrogen and oxygen atoms in total. The number of thiophene rings is 1. The van der Waals surface area contributed by atoms with Gasteiger partial charge in [-0.3, -0.25) is 4.90 Å². The highest BCUT2D eigenvalue weighted by Gasteiger charge is 2.25. The highest BCUT2D eigenvalue weighted by molar-refractivity contribution is 7.90. The number of piperazine rings is 1. The van der Waals surface area contributed by atoms with E-state index in [9.17, 15) is 8.42 Å². The molecule has 0 amide bonds. The Labute approximate surface area is 172 Å². The van der Waals surface area contributed by atoms with Gasteiger partial charge in [0.25, 0.3) is 0 Å². The van der Waals surface area contributed by atoms with Crippen LogP contribution in [0.3, 0.4) is 0 Å². The zero-order valence-corrected chi connectivity index (χ0v) is 18.3. The molecule has 2 aromatic heterocycles. The summed E-state index contributed by atoms with van der Waals surface area (Å²) in [4.78, 5) is 9.67. The second-order valence-electron chi connectivity index (χ2n) is 8.56. The minimum Gasteiger partial charge on any atom is -0.354 e. The van der Waals surface area contributed by atoms with Crippen molar-refractivity contribution in [1.82, 2.24) is 9.88 Å². The third-order valence-corrected chi connectivity index (χ3v) is 8.35. The average molecular weight is 422 g/mol. The minimum atomic E-state index is -2.83. The first-order valence-corrected chi connectivity index (χ1v) is 13.4. The van der Waals surface area contributed by atoms with Crippen LogP contribution in [0.25, 0.3) is 10.1 Å². The number of rotatable bonds is 6. The Kier molecular flexibility index (Phi) is 6.23. The standard InChI is InChI=1S/C21H31N3O2S2/c1-28(25,26)16-18-4-2-17(3-5-18)7-10-23-11-13-24(14-12-23)21-19-8-15-27-20(19)6-9-22-21/h6,8-9,15,17-18H,2-5,7,10-14,16H2,1H3. The summed E-state index contributed by atoms with van der Waals surface area (Å²) in [5.41, 5.74) is 0. The largest absolute Gasteiger partial charge is 0.354 e. The number of anilines is 1. The van der Waals surface area contributed by atoms with Crippen LogP contribution in [0.2, 0.25) is 0 Å². The fourth-order valence-electron chi connectivity index (χ4n) is 4.80. The number of aromatic nitrogens is 1. The lowest BCUT2D eigenvalue weighted by Gasteiger charge is -2.37. The molecule has 1 saturated carbocycles. The van der Waals surface area contributed by atoms with E-state index >= 15 is 0 Å².